The summed E-state index contributed by atoms with van der Waals surface area (Å²) in [6.07, 6.45) is 0.845. The molecule has 0 atom stereocenters. The Morgan fingerprint density at radius 3 is 2.25 bits per heavy atom. The van der Waals surface area contributed by atoms with Crippen LogP contribution in [-0.2, 0) is 4.74 Å². The number of carbonyl (C=O) groups excluding carboxylic acids is 2. The van der Waals surface area contributed by atoms with E-state index in [-0.39, 0.29) is 5.91 Å². The maximum Gasteiger partial charge on any atom is 0.337 e. The fourth-order valence-electron chi connectivity index (χ4n) is 2.31. The highest BCUT2D eigenvalue weighted by Gasteiger charge is 2.08. The molecule has 0 spiro atoms. The Balaban J connectivity index is 1.76. The first kappa shape index (κ1) is 17.5. The Morgan fingerprint density at radius 2 is 1.62 bits per heavy atom. The van der Waals surface area contributed by atoms with Crippen molar-refractivity contribution in [3.8, 4) is 0 Å². The number of nitrogens with zero attached hydrogens (tertiary/aromatic N) is 1. The molecule has 5 nitrogen and oxygen atoms in total. The van der Waals surface area contributed by atoms with Crippen LogP contribution in [-0.4, -0.2) is 39.1 Å². The van der Waals surface area contributed by atoms with E-state index in [0.717, 1.165) is 18.7 Å². The zero-order chi connectivity index (χ0) is 17.4. The zero-order valence-electron chi connectivity index (χ0n) is 14.0. The second-order valence-corrected chi connectivity index (χ2v) is 5.44. The lowest BCUT2D eigenvalue weighted by Crippen LogP contribution is -2.28. The van der Waals surface area contributed by atoms with E-state index in [1.807, 2.05) is 25.2 Å². The Morgan fingerprint density at radius 1 is 1.00 bits per heavy atom. The van der Waals surface area contributed by atoms with Crippen molar-refractivity contribution in [1.29, 1.82) is 0 Å². The van der Waals surface area contributed by atoms with E-state index in [0.29, 0.717) is 17.7 Å². The molecule has 1 amide bonds. The Kier molecular flexibility index (Phi) is 6.37. The zero-order valence-corrected chi connectivity index (χ0v) is 14.0. The number of hydrogen-bond acceptors (Lipinski definition) is 4. The highest BCUT2D eigenvalue weighted by atomic mass is 16.5. The summed E-state index contributed by atoms with van der Waals surface area (Å²) in [6.45, 7) is 1.44. The van der Waals surface area contributed by atoms with Gasteiger partial charge in [0.05, 0.1) is 12.7 Å². The number of esters is 1. The van der Waals surface area contributed by atoms with Crippen molar-refractivity contribution in [1.82, 2.24) is 5.32 Å². The summed E-state index contributed by atoms with van der Waals surface area (Å²) in [7, 11) is 3.36. The second-order valence-electron chi connectivity index (χ2n) is 5.44. The molecule has 0 saturated carbocycles. The first-order valence-corrected chi connectivity index (χ1v) is 7.84. The maximum absolute atomic E-state index is 12.1. The van der Waals surface area contributed by atoms with E-state index in [4.69, 9.17) is 0 Å². The lowest BCUT2D eigenvalue weighted by atomic mass is 10.1. The lowest BCUT2D eigenvalue weighted by molar-refractivity contribution is 0.0600. The summed E-state index contributed by atoms with van der Waals surface area (Å²) in [5.74, 6) is -0.556. The minimum atomic E-state index is -0.411. The van der Waals surface area contributed by atoms with Crippen LogP contribution in [0.2, 0.25) is 0 Å². The first-order valence-electron chi connectivity index (χ1n) is 7.84. The van der Waals surface area contributed by atoms with Crippen molar-refractivity contribution < 1.29 is 14.3 Å². The number of carbonyl (C=O) groups is 2. The van der Waals surface area contributed by atoms with Gasteiger partial charge < -0.3 is 15.0 Å². The maximum atomic E-state index is 12.1. The largest absolute Gasteiger partial charge is 0.465 e. The number of amides is 1. The fraction of sp³-hybridized carbons (Fsp3) is 0.263. The van der Waals surface area contributed by atoms with Gasteiger partial charge in [-0.1, -0.05) is 18.2 Å². The van der Waals surface area contributed by atoms with Gasteiger partial charge in [-0.15, -0.1) is 0 Å². The second kappa shape index (κ2) is 8.72. The molecule has 1 N–H and O–H groups in total. The SMILES string of the molecule is COC(=O)c1ccc(C(=O)NCCCN(C)c2ccccc2)cc1. The van der Waals surface area contributed by atoms with E-state index < -0.39 is 5.97 Å². The summed E-state index contributed by atoms with van der Waals surface area (Å²) in [4.78, 5) is 25.6. The van der Waals surface area contributed by atoms with E-state index in [2.05, 4.69) is 27.1 Å². The van der Waals surface area contributed by atoms with Gasteiger partial charge in [0.1, 0.15) is 0 Å². The molecule has 0 aliphatic rings. The molecular formula is C19H22N2O3. The van der Waals surface area contributed by atoms with Crippen molar-refractivity contribution in [3.63, 3.8) is 0 Å². The van der Waals surface area contributed by atoms with Crippen LogP contribution < -0.4 is 10.2 Å². The summed E-state index contributed by atoms with van der Waals surface area (Å²) in [5.41, 5.74) is 2.11. The number of anilines is 1. The van der Waals surface area contributed by atoms with Gasteiger partial charge >= 0.3 is 5.97 Å². The van der Waals surface area contributed by atoms with Crippen LogP contribution >= 0.6 is 0 Å². The van der Waals surface area contributed by atoms with Crippen LogP contribution in [0.15, 0.2) is 54.6 Å². The summed E-state index contributed by atoms with van der Waals surface area (Å²) in [5, 5.41) is 2.89. The fourth-order valence-corrected chi connectivity index (χ4v) is 2.31. The molecular weight excluding hydrogens is 304 g/mol. The molecule has 126 valence electrons. The highest BCUT2D eigenvalue weighted by molar-refractivity contribution is 5.96. The molecule has 0 bridgehead atoms. The predicted molar refractivity (Wildman–Crippen MR) is 94.4 cm³/mol. The predicted octanol–water partition coefficient (Wildman–Crippen LogP) is 2.73. The standard InChI is InChI=1S/C19H22N2O3/c1-21(17-7-4-3-5-8-17)14-6-13-20-18(22)15-9-11-16(12-10-15)19(23)24-2/h3-5,7-12H,6,13-14H2,1-2H3,(H,20,22). The van der Waals surface area contributed by atoms with Gasteiger partial charge in [-0.2, -0.15) is 0 Å². The van der Waals surface area contributed by atoms with Crippen LogP contribution in [0.1, 0.15) is 27.1 Å². The highest BCUT2D eigenvalue weighted by Crippen LogP contribution is 2.11. The van der Waals surface area contributed by atoms with Gasteiger partial charge in [-0.05, 0) is 42.8 Å². The Hall–Kier alpha value is -2.82. The van der Waals surface area contributed by atoms with Crippen molar-refractivity contribution in [2.75, 3.05) is 32.1 Å². The number of benzene rings is 2. The van der Waals surface area contributed by atoms with E-state index >= 15 is 0 Å². The lowest BCUT2D eigenvalue weighted by Gasteiger charge is -2.19. The Labute approximate surface area is 142 Å². The van der Waals surface area contributed by atoms with Gasteiger partial charge in [-0.25, -0.2) is 4.79 Å². The smallest absolute Gasteiger partial charge is 0.337 e. The molecule has 24 heavy (non-hydrogen) atoms. The van der Waals surface area contributed by atoms with Gasteiger partial charge in [-0.3, -0.25) is 4.79 Å². The molecule has 0 heterocycles. The van der Waals surface area contributed by atoms with Crippen molar-refractivity contribution in [2.45, 2.75) is 6.42 Å². The molecule has 0 radical (unpaired) electrons. The number of para-hydroxylation sites is 1. The average Bonchev–Trinajstić information content (AvgIpc) is 2.65. The number of hydrogen-bond donors (Lipinski definition) is 1. The van der Waals surface area contributed by atoms with Crippen LogP contribution in [0.25, 0.3) is 0 Å². The molecule has 2 aromatic carbocycles. The van der Waals surface area contributed by atoms with Gasteiger partial charge in [0.2, 0.25) is 0 Å². The third-order valence-electron chi connectivity index (χ3n) is 3.72. The molecule has 0 unspecified atom stereocenters. The quantitative estimate of drug-likeness (QED) is 0.628. The van der Waals surface area contributed by atoms with Crippen LogP contribution in [0.5, 0.6) is 0 Å². The molecule has 0 saturated heterocycles. The average molecular weight is 326 g/mol. The third-order valence-corrected chi connectivity index (χ3v) is 3.72. The third kappa shape index (κ3) is 4.84. The number of nitrogens with one attached hydrogen (secondary N) is 1. The minimum Gasteiger partial charge on any atom is -0.465 e. The normalized spacial score (nSPS) is 10.1. The molecule has 0 aromatic heterocycles. The summed E-state index contributed by atoms with van der Waals surface area (Å²) in [6, 6.07) is 16.5. The van der Waals surface area contributed by atoms with Crippen LogP contribution in [0.3, 0.4) is 0 Å². The van der Waals surface area contributed by atoms with Crippen LogP contribution in [0.4, 0.5) is 5.69 Å². The molecule has 5 heteroatoms. The van der Waals surface area contributed by atoms with Crippen molar-refractivity contribution in [2.24, 2.45) is 0 Å². The topological polar surface area (TPSA) is 58.6 Å². The van der Waals surface area contributed by atoms with E-state index in [9.17, 15) is 9.59 Å². The number of rotatable bonds is 7. The summed E-state index contributed by atoms with van der Waals surface area (Å²) >= 11 is 0. The minimum absolute atomic E-state index is 0.145. The number of methoxy groups -OCH3 is 1. The van der Waals surface area contributed by atoms with Crippen molar-refractivity contribution >= 4 is 17.6 Å². The van der Waals surface area contributed by atoms with Gasteiger partial charge in [0.25, 0.3) is 5.91 Å². The first-order chi connectivity index (χ1) is 11.6. The Bertz CT molecular complexity index is 669. The monoisotopic (exact) mass is 326 g/mol. The molecule has 0 aliphatic carbocycles. The van der Waals surface area contributed by atoms with Gasteiger partial charge in [0, 0.05) is 31.4 Å². The van der Waals surface area contributed by atoms with Gasteiger partial charge in [0.15, 0.2) is 0 Å². The number of ether oxygens (including phenoxy) is 1. The molecule has 2 rings (SSSR count). The van der Waals surface area contributed by atoms with Crippen molar-refractivity contribution in [3.05, 3.63) is 65.7 Å². The van der Waals surface area contributed by atoms with Crippen LogP contribution in [0, 0.1) is 0 Å². The molecule has 0 fully saturated rings. The molecule has 0 aliphatic heterocycles. The van der Waals surface area contributed by atoms with E-state index in [1.165, 1.54) is 7.11 Å². The molecule has 2 aromatic rings. The summed E-state index contributed by atoms with van der Waals surface area (Å²) < 4.78 is 4.63. The van der Waals surface area contributed by atoms with E-state index in [1.54, 1.807) is 24.3 Å².